The minimum absolute atomic E-state index is 0.289. The van der Waals surface area contributed by atoms with Crippen molar-refractivity contribution in [1.29, 1.82) is 0 Å². The average Bonchev–Trinajstić information content (AvgIpc) is 2.04. The first kappa shape index (κ1) is 9.06. The number of halogens is 2. The molecule has 0 spiro atoms. The van der Waals surface area contributed by atoms with Gasteiger partial charge in [0, 0.05) is 12.6 Å². The number of aliphatic hydroxyl groups is 1. The summed E-state index contributed by atoms with van der Waals surface area (Å²) in [6.45, 7) is -0.289. The molecule has 4 heteroatoms. The van der Waals surface area contributed by atoms with E-state index in [4.69, 9.17) is 5.11 Å². The van der Waals surface area contributed by atoms with Crippen molar-refractivity contribution in [2.45, 2.75) is 19.5 Å². The second-order valence-electron chi connectivity index (χ2n) is 2.36. The fourth-order valence-corrected chi connectivity index (χ4v) is 0.966. The highest BCUT2D eigenvalue weighted by molar-refractivity contribution is 5.19. The minimum Gasteiger partial charge on any atom is -0.390 e. The number of rotatable bonds is 3. The Hall–Kier alpha value is -1.03. The van der Waals surface area contributed by atoms with Gasteiger partial charge in [-0.1, -0.05) is 6.07 Å². The maximum atomic E-state index is 11.9. The second kappa shape index (κ2) is 4.11. The first-order chi connectivity index (χ1) is 5.74. The van der Waals surface area contributed by atoms with Crippen LogP contribution in [0, 0.1) is 0 Å². The third kappa shape index (κ3) is 2.23. The molecular formula is C8H9F2NO. The number of hydrogen-bond donors (Lipinski definition) is 1. The predicted octanol–water partition coefficient (Wildman–Crippen LogP) is 1.38. The van der Waals surface area contributed by atoms with E-state index in [1.165, 1.54) is 6.20 Å². The van der Waals surface area contributed by atoms with E-state index in [-0.39, 0.29) is 13.0 Å². The van der Waals surface area contributed by atoms with E-state index in [0.717, 1.165) is 0 Å². The second-order valence-corrected chi connectivity index (χ2v) is 2.36. The normalized spacial score (nSPS) is 10.7. The Labute approximate surface area is 68.9 Å². The lowest BCUT2D eigenvalue weighted by molar-refractivity contribution is 0.148. The molecule has 1 aromatic rings. The van der Waals surface area contributed by atoms with Gasteiger partial charge in [0.25, 0.3) is 0 Å². The quantitative estimate of drug-likeness (QED) is 0.749. The molecular weight excluding hydrogens is 164 g/mol. The van der Waals surface area contributed by atoms with Crippen molar-refractivity contribution >= 4 is 0 Å². The predicted molar refractivity (Wildman–Crippen MR) is 39.9 cm³/mol. The van der Waals surface area contributed by atoms with E-state index >= 15 is 0 Å². The van der Waals surface area contributed by atoms with Crippen molar-refractivity contribution in [2.75, 3.05) is 0 Å². The zero-order valence-electron chi connectivity index (χ0n) is 6.37. The fourth-order valence-electron chi connectivity index (χ4n) is 0.966. The molecule has 1 aromatic heterocycles. The van der Waals surface area contributed by atoms with Gasteiger partial charge in [0.15, 0.2) is 0 Å². The lowest BCUT2D eigenvalue weighted by atomic mass is 10.1. The number of aliphatic hydroxyl groups excluding tert-OH is 1. The van der Waals surface area contributed by atoms with Gasteiger partial charge in [0.1, 0.15) is 0 Å². The lowest BCUT2D eigenvalue weighted by Crippen LogP contribution is -2.02. The number of nitrogens with zero attached hydrogens (tertiary/aromatic N) is 1. The van der Waals surface area contributed by atoms with Crippen LogP contribution in [0.15, 0.2) is 18.3 Å². The summed E-state index contributed by atoms with van der Waals surface area (Å²) in [5, 5.41) is 8.72. The van der Waals surface area contributed by atoms with Gasteiger partial charge in [-0.25, -0.2) is 8.78 Å². The SMILES string of the molecule is OCc1ncccc1CC(F)F. The van der Waals surface area contributed by atoms with Gasteiger partial charge in [-0.3, -0.25) is 4.98 Å². The fraction of sp³-hybridized carbons (Fsp3) is 0.375. The van der Waals surface area contributed by atoms with Gasteiger partial charge < -0.3 is 5.11 Å². The molecule has 0 aromatic carbocycles. The molecule has 12 heavy (non-hydrogen) atoms. The Morgan fingerprint density at radius 2 is 2.25 bits per heavy atom. The zero-order chi connectivity index (χ0) is 8.97. The van der Waals surface area contributed by atoms with Crippen LogP contribution in [0.3, 0.4) is 0 Å². The van der Waals surface area contributed by atoms with E-state index in [1.807, 2.05) is 0 Å². The highest BCUT2D eigenvalue weighted by Gasteiger charge is 2.08. The molecule has 1 rings (SSSR count). The number of pyridine rings is 1. The molecule has 0 aliphatic heterocycles. The molecule has 0 radical (unpaired) electrons. The van der Waals surface area contributed by atoms with Gasteiger partial charge in [0.05, 0.1) is 12.3 Å². The van der Waals surface area contributed by atoms with Crippen LogP contribution in [0.1, 0.15) is 11.3 Å². The maximum absolute atomic E-state index is 11.9. The van der Waals surface area contributed by atoms with Crippen LogP contribution in [0.2, 0.25) is 0 Å². The molecule has 0 atom stereocenters. The molecule has 0 aliphatic rings. The molecule has 0 saturated heterocycles. The average molecular weight is 173 g/mol. The van der Waals surface area contributed by atoms with Crippen LogP contribution < -0.4 is 0 Å². The van der Waals surface area contributed by atoms with Crippen LogP contribution in [-0.2, 0) is 13.0 Å². The van der Waals surface area contributed by atoms with Crippen LogP contribution in [0.4, 0.5) is 8.78 Å². The van der Waals surface area contributed by atoms with Crippen molar-refractivity contribution in [3.05, 3.63) is 29.6 Å². The van der Waals surface area contributed by atoms with Gasteiger partial charge in [-0.2, -0.15) is 0 Å². The highest BCUT2D eigenvalue weighted by atomic mass is 19.3. The zero-order valence-corrected chi connectivity index (χ0v) is 6.37. The van der Waals surface area contributed by atoms with E-state index < -0.39 is 6.43 Å². The van der Waals surface area contributed by atoms with Gasteiger partial charge in [-0.05, 0) is 11.6 Å². The van der Waals surface area contributed by atoms with E-state index in [9.17, 15) is 8.78 Å². The Morgan fingerprint density at radius 1 is 1.50 bits per heavy atom. The molecule has 0 fully saturated rings. The number of hydrogen-bond acceptors (Lipinski definition) is 2. The van der Waals surface area contributed by atoms with Crippen LogP contribution in [0.5, 0.6) is 0 Å². The first-order valence-electron chi connectivity index (χ1n) is 3.56. The summed E-state index contributed by atoms with van der Waals surface area (Å²) >= 11 is 0. The summed E-state index contributed by atoms with van der Waals surface area (Å²) in [6.07, 6.45) is -1.26. The summed E-state index contributed by atoms with van der Waals surface area (Å²) in [5.74, 6) is 0. The van der Waals surface area contributed by atoms with Crippen molar-refractivity contribution in [3.8, 4) is 0 Å². The summed E-state index contributed by atoms with van der Waals surface area (Å²) in [7, 11) is 0. The van der Waals surface area contributed by atoms with Crippen molar-refractivity contribution in [3.63, 3.8) is 0 Å². The molecule has 0 saturated carbocycles. The standard InChI is InChI=1S/C8H9F2NO/c9-8(10)4-6-2-1-3-11-7(6)5-12/h1-3,8,12H,4-5H2. The van der Waals surface area contributed by atoms with Crippen molar-refractivity contribution in [2.24, 2.45) is 0 Å². The molecule has 66 valence electrons. The van der Waals surface area contributed by atoms with E-state index in [1.54, 1.807) is 12.1 Å². The topological polar surface area (TPSA) is 33.1 Å². The van der Waals surface area contributed by atoms with Gasteiger partial charge in [0.2, 0.25) is 6.43 Å². The lowest BCUT2D eigenvalue weighted by Gasteiger charge is -2.04. The number of aromatic nitrogens is 1. The van der Waals surface area contributed by atoms with Crippen molar-refractivity contribution < 1.29 is 13.9 Å². The van der Waals surface area contributed by atoms with E-state index in [0.29, 0.717) is 11.3 Å². The van der Waals surface area contributed by atoms with Crippen LogP contribution in [0.25, 0.3) is 0 Å². The molecule has 2 nitrogen and oxygen atoms in total. The minimum atomic E-state index is -2.39. The van der Waals surface area contributed by atoms with Gasteiger partial charge >= 0.3 is 0 Å². The summed E-state index contributed by atoms with van der Waals surface area (Å²) < 4.78 is 23.9. The molecule has 0 unspecified atom stereocenters. The smallest absolute Gasteiger partial charge is 0.242 e. The van der Waals surface area contributed by atoms with Gasteiger partial charge in [-0.15, -0.1) is 0 Å². The largest absolute Gasteiger partial charge is 0.390 e. The Balaban J connectivity index is 2.82. The molecule has 1 N–H and O–H groups in total. The molecule has 0 aliphatic carbocycles. The highest BCUT2D eigenvalue weighted by Crippen LogP contribution is 2.10. The van der Waals surface area contributed by atoms with E-state index in [2.05, 4.69) is 4.98 Å². The third-order valence-electron chi connectivity index (χ3n) is 1.51. The number of alkyl halides is 2. The summed E-state index contributed by atoms with van der Waals surface area (Å²) in [6, 6.07) is 3.13. The summed E-state index contributed by atoms with van der Waals surface area (Å²) in [4.78, 5) is 3.77. The van der Waals surface area contributed by atoms with Crippen molar-refractivity contribution in [1.82, 2.24) is 4.98 Å². The summed E-state index contributed by atoms with van der Waals surface area (Å²) in [5.41, 5.74) is 0.743. The Bertz CT molecular complexity index is 253. The Kier molecular flexibility index (Phi) is 3.10. The molecule has 0 bridgehead atoms. The van der Waals surface area contributed by atoms with Crippen LogP contribution >= 0.6 is 0 Å². The Morgan fingerprint density at radius 3 is 2.83 bits per heavy atom. The first-order valence-corrected chi connectivity index (χ1v) is 3.56. The monoisotopic (exact) mass is 173 g/mol. The third-order valence-corrected chi connectivity index (χ3v) is 1.51. The molecule has 0 amide bonds. The molecule has 1 heterocycles. The van der Waals surface area contributed by atoms with Crippen LogP contribution in [-0.4, -0.2) is 16.5 Å². The maximum Gasteiger partial charge on any atom is 0.242 e.